The van der Waals surface area contributed by atoms with Crippen molar-refractivity contribution in [3.05, 3.63) is 33.8 Å². The number of hydrogen-bond donors (Lipinski definition) is 0. The summed E-state index contributed by atoms with van der Waals surface area (Å²) < 4.78 is 0. The molecule has 1 aromatic carbocycles. The lowest BCUT2D eigenvalue weighted by Crippen LogP contribution is -2.20. The smallest absolute Gasteiger partial charge is 0.168 e. The monoisotopic (exact) mass is 224 g/mol. The molecule has 0 amide bonds. The van der Waals surface area contributed by atoms with Crippen molar-refractivity contribution in [3.63, 3.8) is 0 Å². The molecule has 0 heterocycles. The van der Waals surface area contributed by atoms with Crippen molar-refractivity contribution in [2.24, 2.45) is 5.41 Å². The molecule has 0 bridgehead atoms. The average molecular weight is 225 g/mol. The molecular weight excluding hydrogens is 208 g/mol. The Balaban J connectivity index is 3.24. The van der Waals surface area contributed by atoms with Crippen molar-refractivity contribution in [2.75, 3.05) is 0 Å². The highest BCUT2D eigenvalue weighted by atomic mass is 35.5. The molecule has 0 aliphatic carbocycles. The Labute approximate surface area is 96.5 Å². The van der Waals surface area contributed by atoms with E-state index < -0.39 is 0 Å². The summed E-state index contributed by atoms with van der Waals surface area (Å²) in [6.07, 6.45) is 0. The number of hydrogen-bond acceptors (Lipinski definition) is 1. The standard InChI is InChI=1S/C13H17ClO/c1-8-6-10(7-9(2)11(8)14)12(15)13(3,4)5/h6-7H,1-5H3. The molecule has 0 fully saturated rings. The fourth-order valence-corrected chi connectivity index (χ4v) is 1.62. The third-order valence-corrected chi connectivity index (χ3v) is 2.98. The van der Waals surface area contributed by atoms with Gasteiger partial charge in [0.15, 0.2) is 5.78 Å². The van der Waals surface area contributed by atoms with E-state index in [4.69, 9.17) is 11.6 Å². The highest BCUT2D eigenvalue weighted by molar-refractivity contribution is 6.32. The van der Waals surface area contributed by atoms with Crippen molar-refractivity contribution in [3.8, 4) is 0 Å². The molecule has 1 rings (SSSR count). The van der Waals surface area contributed by atoms with Gasteiger partial charge in [0, 0.05) is 16.0 Å². The van der Waals surface area contributed by atoms with E-state index in [0.29, 0.717) is 0 Å². The van der Waals surface area contributed by atoms with Gasteiger partial charge in [0.05, 0.1) is 0 Å². The number of benzene rings is 1. The molecule has 1 aromatic rings. The normalized spacial score (nSPS) is 11.6. The summed E-state index contributed by atoms with van der Waals surface area (Å²) in [6, 6.07) is 3.73. The summed E-state index contributed by atoms with van der Waals surface area (Å²) in [5.74, 6) is 0.158. The fraction of sp³-hybridized carbons (Fsp3) is 0.462. The molecule has 0 saturated heterocycles. The van der Waals surface area contributed by atoms with Crippen LogP contribution in [-0.4, -0.2) is 5.78 Å². The summed E-state index contributed by atoms with van der Waals surface area (Å²) >= 11 is 6.06. The minimum absolute atomic E-state index is 0.158. The van der Waals surface area contributed by atoms with E-state index in [1.807, 2.05) is 46.8 Å². The molecule has 0 N–H and O–H groups in total. The number of carbonyl (C=O) groups is 1. The van der Waals surface area contributed by atoms with Crippen LogP contribution >= 0.6 is 11.6 Å². The first-order valence-corrected chi connectivity index (χ1v) is 5.43. The van der Waals surface area contributed by atoms with Gasteiger partial charge < -0.3 is 0 Å². The molecule has 0 saturated carbocycles. The van der Waals surface area contributed by atoms with E-state index in [1.54, 1.807) is 0 Å². The number of aryl methyl sites for hydroxylation is 2. The van der Waals surface area contributed by atoms with Gasteiger partial charge in [-0.15, -0.1) is 0 Å². The molecule has 0 aromatic heterocycles. The minimum Gasteiger partial charge on any atom is -0.294 e. The van der Waals surface area contributed by atoms with E-state index >= 15 is 0 Å². The van der Waals surface area contributed by atoms with E-state index in [2.05, 4.69) is 0 Å². The van der Waals surface area contributed by atoms with Crippen LogP contribution < -0.4 is 0 Å². The maximum absolute atomic E-state index is 12.0. The number of halogens is 1. The van der Waals surface area contributed by atoms with Gasteiger partial charge in [0.1, 0.15) is 0 Å². The van der Waals surface area contributed by atoms with Crippen LogP contribution in [0.5, 0.6) is 0 Å². The summed E-state index contributed by atoms with van der Waals surface area (Å²) in [5, 5.41) is 0.750. The highest BCUT2D eigenvalue weighted by Gasteiger charge is 2.23. The molecule has 1 nitrogen and oxygen atoms in total. The zero-order valence-corrected chi connectivity index (χ0v) is 10.7. The quantitative estimate of drug-likeness (QED) is 0.654. The van der Waals surface area contributed by atoms with Gasteiger partial charge in [-0.3, -0.25) is 4.79 Å². The molecule has 0 radical (unpaired) electrons. The van der Waals surface area contributed by atoms with Gasteiger partial charge in [-0.25, -0.2) is 0 Å². The fourth-order valence-electron chi connectivity index (χ4n) is 1.51. The lowest BCUT2D eigenvalue weighted by molar-refractivity contribution is 0.0858. The predicted octanol–water partition coefficient (Wildman–Crippen LogP) is 4.19. The van der Waals surface area contributed by atoms with Gasteiger partial charge in [-0.2, -0.15) is 0 Å². The van der Waals surface area contributed by atoms with Gasteiger partial charge in [-0.05, 0) is 37.1 Å². The average Bonchev–Trinajstić information content (AvgIpc) is 2.10. The van der Waals surface area contributed by atoms with Crippen LogP contribution in [-0.2, 0) is 0 Å². The van der Waals surface area contributed by atoms with Crippen LogP contribution in [0.3, 0.4) is 0 Å². The number of ketones is 1. The summed E-state index contributed by atoms with van der Waals surface area (Å²) in [4.78, 5) is 12.0. The number of rotatable bonds is 1. The summed E-state index contributed by atoms with van der Waals surface area (Å²) in [5.41, 5.74) is 2.34. The van der Waals surface area contributed by atoms with Crippen LogP contribution in [0.4, 0.5) is 0 Å². The summed E-state index contributed by atoms with van der Waals surface area (Å²) in [6.45, 7) is 9.63. The molecule has 0 aliphatic heterocycles. The Kier molecular flexibility index (Phi) is 3.25. The van der Waals surface area contributed by atoms with Crippen LogP contribution in [0, 0.1) is 19.3 Å². The molecule has 0 aliphatic rings. The van der Waals surface area contributed by atoms with Gasteiger partial charge in [-0.1, -0.05) is 32.4 Å². The topological polar surface area (TPSA) is 17.1 Å². The predicted molar refractivity (Wildman–Crippen MR) is 64.7 cm³/mol. The van der Waals surface area contributed by atoms with E-state index in [0.717, 1.165) is 21.7 Å². The lowest BCUT2D eigenvalue weighted by Gasteiger charge is -2.17. The second kappa shape index (κ2) is 3.97. The maximum Gasteiger partial charge on any atom is 0.168 e. The molecule has 82 valence electrons. The second-order valence-corrected chi connectivity index (χ2v) is 5.38. The van der Waals surface area contributed by atoms with Crippen LogP contribution in [0.15, 0.2) is 12.1 Å². The van der Waals surface area contributed by atoms with Crippen molar-refractivity contribution < 1.29 is 4.79 Å². The van der Waals surface area contributed by atoms with Crippen LogP contribution in [0.2, 0.25) is 5.02 Å². The first-order chi connectivity index (χ1) is 6.73. The largest absolute Gasteiger partial charge is 0.294 e. The van der Waals surface area contributed by atoms with E-state index in [9.17, 15) is 4.79 Å². The number of carbonyl (C=O) groups excluding carboxylic acids is 1. The van der Waals surface area contributed by atoms with Crippen molar-refractivity contribution in [1.82, 2.24) is 0 Å². The van der Waals surface area contributed by atoms with E-state index in [1.165, 1.54) is 0 Å². The SMILES string of the molecule is Cc1cc(C(=O)C(C)(C)C)cc(C)c1Cl. The lowest BCUT2D eigenvalue weighted by atomic mass is 9.85. The Morgan fingerprint density at radius 1 is 1.13 bits per heavy atom. The minimum atomic E-state index is -0.341. The molecule has 2 heteroatoms. The molecule has 0 spiro atoms. The van der Waals surface area contributed by atoms with Gasteiger partial charge in [0.25, 0.3) is 0 Å². The molecule has 0 atom stereocenters. The van der Waals surface area contributed by atoms with Crippen LogP contribution in [0.1, 0.15) is 42.3 Å². The van der Waals surface area contributed by atoms with Gasteiger partial charge >= 0.3 is 0 Å². The molecular formula is C13H17ClO. The van der Waals surface area contributed by atoms with Gasteiger partial charge in [0.2, 0.25) is 0 Å². The third-order valence-electron chi connectivity index (χ3n) is 2.38. The Hall–Kier alpha value is -0.820. The number of Topliss-reactive ketones (excluding diaryl/α,β-unsaturated/α-hetero) is 1. The van der Waals surface area contributed by atoms with Crippen LogP contribution in [0.25, 0.3) is 0 Å². The summed E-state index contributed by atoms with van der Waals surface area (Å²) in [7, 11) is 0. The second-order valence-electron chi connectivity index (χ2n) is 5.00. The molecule has 15 heavy (non-hydrogen) atoms. The van der Waals surface area contributed by atoms with Crippen molar-refractivity contribution in [2.45, 2.75) is 34.6 Å². The Morgan fingerprint density at radius 2 is 1.53 bits per heavy atom. The van der Waals surface area contributed by atoms with Crippen molar-refractivity contribution in [1.29, 1.82) is 0 Å². The zero-order chi connectivity index (χ0) is 11.8. The zero-order valence-electron chi connectivity index (χ0n) is 9.94. The molecule has 0 unspecified atom stereocenters. The maximum atomic E-state index is 12.0. The Bertz CT molecular complexity index is 376. The third kappa shape index (κ3) is 2.60. The van der Waals surface area contributed by atoms with E-state index in [-0.39, 0.29) is 11.2 Å². The highest BCUT2D eigenvalue weighted by Crippen LogP contribution is 2.26. The first kappa shape index (κ1) is 12.3. The first-order valence-electron chi connectivity index (χ1n) is 5.05. The Morgan fingerprint density at radius 3 is 1.87 bits per heavy atom. The van der Waals surface area contributed by atoms with Crippen molar-refractivity contribution >= 4 is 17.4 Å².